The lowest BCUT2D eigenvalue weighted by atomic mass is 10.4. The molecule has 0 atom stereocenters. The number of amides is 1. The number of aryl methyl sites for hydroxylation is 1. The summed E-state index contributed by atoms with van der Waals surface area (Å²) in [6.45, 7) is 3.75. The van der Waals surface area contributed by atoms with Gasteiger partial charge in [-0.2, -0.15) is 0 Å². The third kappa shape index (κ3) is 4.07. The highest BCUT2D eigenvalue weighted by Crippen LogP contribution is 1.86. The van der Waals surface area contributed by atoms with E-state index in [1.165, 1.54) is 4.57 Å². The van der Waals surface area contributed by atoms with E-state index in [9.17, 15) is 9.59 Å². The summed E-state index contributed by atoms with van der Waals surface area (Å²) < 4.78 is 7.82. The van der Waals surface area contributed by atoms with E-state index in [4.69, 9.17) is 4.74 Å². The lowest BCUT2D eigenvalue weighted by Crippen LogP contribution is -2.33. The molecular weight excluding hydrogens is 222 g/mol. The van der Waals surface area contributed by atoms with Gasteiger partial charge in [-0.15, -0.1) is 0 Å². The third-order valence-electron chi connectivity index (χ3n) is 2.42. The highest BCUT2D eigenvalue weighted by molar-refractivity contribution is 5.75. The zero-order chi connectivity index (χ0) is 12.7. The quantitative estimate of drug-likeness (QED) is 0.674. The molecule has 1 N–H and O–H groups in total. The van der Waals surface area contributed by atoms with Crippen LogP contribution in [0.5, 0.6) is 0 Å². The molecule has 6 nitrogen and oxygen atoms in total. The minimum absolute atomic E-state index is 0.0683. The third-order valence-corrected chi connectivity index (χ3v) is 2.42. The van der Waals surface area contributed by atoms with Crippen molar-refractivity contribution in [3.63, 3.8) is 0 Å². The van der Waals surface area contributed by atoms with Crippen molar-refractivity contribution in [2.75, 3.05) is 20.3 Å². The summed E-state index contributed by atoms with van der Waals surface area (Å²) in [6, 6.07) is 0. The van der Waals surface area contributed by atoms with Crippen molar-refractivity contribution in [1.82, 2.24) is 14.5 Å². The number of hydrogen-bond acceptors (Lipinski definition) is 3. The molecule has 1 rings (SSSR count). The summed E-state index contributed by atoms with van der Waals surface area (Å²) in [4.78, 5) is 23.1. The van der Waals surface area contributed by atoms with Crippen LogP contribution >= 0.6 is 0 Å². The monoisotopic (exact) mass is 241 g/mol. The SMILES string of the molecule is CCn1ccn(CC(=O)NCCCOC)c1=O. The molecule has 0 radical (unpaired) electrons. The van der Waals surface area contributed by atoms with Crippen LogP contribution in [-0.2, 0) is 22.6 Å². The molecule has 0 bridgehead atoms. The van der Waals surface area contributed by atoms with Gasteiger partial charge in [-0.05, 0) is 13.3 Å². The van der Waals surface area contributed by atoms with E-state index >= 15 is 0 Å². The van der Waals surface area contributed by atoms with Crippen molar-refractivity contribution in [3.05, 3.63) is 22.9 Å². The minimum Gasteiger partial charge on any atom is -0.385 e. The molecule has 1 aromatic rings. The first-order chi connectivity index (χ1) is 8.19. The van der Waals surface area contributed by atoms with Gasteiger partial charge in [-0.3, -0.25) is 13.9 Å². The number of imidazole rings is 1. The number of carbonyl (C=O) groups excluding carboxylic acids is 1. The Morgan fingerprint density at radius 3 is 2.71 bits per heavy atom. The van der Waals surface area contributed by atoms with Crippen LogP contribution in [0, 0.1) is 0 Å². The summed E-state index contributed by atoms with van der Waals surface area (Å²) in [6.07, 6.45) is 4.08. The molecule has 6 heteroatoms. The number of rotatable bonds is 7. The molecule has 1 aromatic heterocycles. The van der Waals surface area contributed by atoms with E-state index in [-0.39, 0.29) is 18.1 Å². The second-order valence-corrected chi connectivity index (χ2v) is 3.69. The molecular formula is C11H19N3O3. The van der Waals surface area contributed by atoms with E-state index in [1.807, 2.05) is 6.92 Å². The van der Waals surface area contributed by atoms with Crippen LogP contribution in [0.2, 0.25) is 0 Å². The van der Waals surface area contributed by atoms with Gasteiger partial charge in [-0.1, -0.05) is 0 Å². The van der Waals surface area contributed by atoms with Crippen molar-refractivity contribution in [2.45, 2.75) is 26.4 Å². The number of nitrogens with zero attached hydrogens (tertiary/aromatic N) is 2. The van der Waals surface area contributed by atoms with Crippen LogP contribution in [0.15, 0.2) is 17.2 Å². The Kier molecular flexibility index (Phi) is 5.48. The lowest BCUT2D eigenvalue weighted by molar-refractivity contribution is -0.121. The number of hydrogen-bond donors (Lipinski definition) is 1. The fourth-order valence-corrected chi connectivity index (χ4v) is 1.47. The van der Waals surface area contributed by atoms with Crippen molar-refractivity contribution >= 4 is 5.91 Å². The topological polar surface area (TPSA) is 65.3 Å². The van der Waals surface area contributed by atoms with Gasteiger partial charge in [0.25, 0.3) is 0 Å². The van der Waals surface area contributed by atoms with E-state index in [0.717, 1.165) is 6.42 Å². The molecule has 0 aromatic carbocycles. The van der Waals surface area contributed by atoms with Crippen molar-refractivity contribution in [3.8, 4) is 0 Å². The first-order valence-corrected chi connectivity index (χ1v) is 5.70. The van der Waals surface area contributed by atoms with Gasteiger partial charge in [-0.25, -0.2) is 4.79 Å². The van der Waals surface area contributed by atoms with Gasteiger partial charge in [0.2, 0.25) is 5.91 Å². The van der Waals surface area contributed by atoms with Crippen molar-refractivity contribution < 1.29 is 9.53 Å². The van der Waals surface area contributed by atoms with Gasteiger partial charge in [0.15, 0.2) is 0 Å². The van der Waals surface area contributed by atoms with Crippen LogP contribution in [0.4, 0.5) is 0 Å². The van der Waals surface area contributed by atoms with Crippen LogP contribution in [0.3, 0.4) is 0 Å². The Bertz CT molecular complexity index is 408. The Hall–Kier alpha value is -1.56. The number of aromatic nitrogens is 2. The van der Waals surface area contributed by atoms with E-state index in [0.29, 0.717) is 19.7 Å². The molecule has 0 saturated carbocycles. The summed E-state index contributed by atoms with van der Waals surface area (Å²) in [7, 11) is 1.62. The smallest absolute Gasteiger partial charge is 0.328 e. The first-order valence-electron chi connectivity index (χ1n) is 5.70. The molecule has 0 spiro atoms. The van der Waals surface area contributed by atoms with Crippen molar-refractivity contribution in [1.29, 1.82) is 0 Å². The predicted octanol–water partition coefficient (Wildman–Crippen LogP) is -0.178. The zero-order valence-electron chi connectivity index (χ0n) is 10.3. The van der Waals surface area contributed by atoms with Gasteiger partial charge < -0.3 is 10.1 Å². The molecule has 96 valence electrons. The Morgan fingerprint density at radius 2 is 2.12 bits per heavy atom. The summed E-state index contributed by atoms with van der Waals surface area (Å²) >= 11 is 0. The van der Waals surface area contributed by atoms with Crippen LogP contribution in [0.1, 0.15) is 13.3 Å². The Balaban J connectivity index is 2.40. The molecule has 1 amide bonds. The number of methoxy groups -OCH3 is 1. The molecule has 17 heavy (non-hydrogen) atoms. The van der Waals surface area contributed by atoms with E-state index in [2.05, 4.69) is 5.32 Å². The summed E-state index contributed by atoms with van der Waals surface area (Å²) in [5, 5.41) is 2.73. The van der Waals surface area contributed by atoms with Crippen LogP contribution in [0.25, 0.3) is 0 Å². The number of carbonyl (C=O) groups is 1. The van der Waals surface area contributed by atoms with Crippen molar-refractivity contribution in [2.24, 2.45) is 0 Å². The van der Waals surface area contributed by atoms with Gasteiger partial charge in [0.05, 0.1) is 0 Å². The van der Waals surface area contributed by atoms with Crippen LogP contribution < -0.4 is 11.0 Å². The Labute approximate surface area is 100 Å². The standard InChI is InChI=1S/C11H19N3O3/c1-3-13-6-7-14(11(13)16)9-10(15)12-5-4-8-17-2/h6-7H,3-5,8-9H2,1-2H3,(H,12,15). The Morgan fingerprint density at radius 1 is 1.41 bits per heavy atom. The first kappa shape index (κ1) is 13.5. The number of ether oxygens (including phenoxy) is 1. The van der Waals surface area contributed by atoms with Gasteiger partial charge in [0, 0.05) is 39.2 Å². The average molecular weight is 241 g/mol. The fourth-order valence-electron chi connectivity index (χ4n) is 1.47. The maximum absolute atomic E-state index is 11.6. The summed E-state index contributed by atoms with van der Waals surface area (Å²) in [5.41, 5.74) is -0.153. The largest absolute Gasteiger partial charge is 0.385 e. The number of nitrogens with one attached hydrogen (secondary N) is 1. The normalized spacial score (nSPS) is 10.5. The maximum Gasteiger partial charge on any atom is 0.328 e. The highest BCUT2D eigenvalue weighted by atomic mass is 16.5. The minimum atomic E-state index is -0.156. The second kappa shape index (κ2) is 6.90. The lowest BCUT2D eigenvalue weighted by Gasteiger charge is -2.04. The van der Waals surface area contributed by atoms with E-state index < -0.39 is 0 Å². The zero-order valence-corrected chi connectivity index (χ0v) is 10.3. The molecule has 0 unspecified atom stereocenters. The van der Waals surface area contributed by atoms with E-state index in [1.54, 1.807) is 24.1 Å². The average Bonchev–Trinajstić information content (AvgIpc) is 2.66. The molecule has 1 heterocycles. The predicted molar refractivity (Wildman–Crippen MR) is 63.9 cm³/mol. The molecule has 0 saturated heterocycles. The van der Waals surface area contributed by atoms with Crippen LogP contribution in [-0.4, -0.2) is 35.3 Å². The fraction of sp³-hybridized carbons (Fsp3) is 0.636. The highest BCUT2D eigenvalue weighted by Gasteiger charge is 2.06. The summed E-state index contributed by atoms with van der Waals surface area (Å²) in [5.74, 6) is -0.156. The molecule has 0 aliphatic rings. The second-order valence-electron chi connectivity index (χ2n) is 3.69. The van der Waals surface area contributed by atoms with Gasteiger partial charge >= 0.3 is 5.69 Å². The van der Waals surface area contributed by atoms with Gasteiger partial charge in [0.1, 0.15) is 6.54 Å². The maximum atomic E-state index is 11.6. The molecule has 0 fully saturated rings. The molecule has 0 aliphatic carbocycles. The molecule has 0 aliphatic heterocycles.